The molecule has 4 aromatic rings. The van der Waals surface area contributed by atoms with Crippen molar-refractivity contribution in [1.29, 1.82) is 0 Å². The quantitative estimate of drug-likeness (QED) is 0.300. The number of nitrogen functional groups attached to an aromatic ring is 1. The summed E-state index contributed by atoms with van der Waals surface area (Å²) in [6.07, 6.45) is 1.29. The standard InChI is InChI=1S/C30H31F2N5O3S/c1-13(2)9-20(38)36-8-7-15(12-36)37-11-14(3)40-26-17-10-18-22-16(5-6-19(31)27(22)41-28(18)33)21(17)24(32)25-23(26)29(37)35-30(34-25)39-4/h5-6,13-15H,7-12,33H2,1-4H3. The van der Waals surface area contributed by atoms with Gasteiger partial charge < -0.3 is 25.0 Å². The Balaban J connectivity index is 1.44. The van der Waals surface area contributed by atoms with E-state index in [9.17, 15) is 9.18 Å². The summed E-state index contributed by atoms with van der Waals surface area (Å²) in [5, 5.41) is 1.64. The predicted molar refractivity (Wildman–Crippen MR) is 156 cm³/mol. The number of aromatic nitrogens is 2. The molecule has 1 fully saturated rings. The second-order valence-corrected chi connectivity index (χ2v) is 12.7. The van der Waals surface area contributed by atoms with E-state index in [1.807, 2.05) is 25.7 Å². The van der Waals surface area contributed by atoms with Crippen molar-refractivity contribution in [2.45, 2.75) is 52.2 Å². The molecule has 0 radical (unpaired) electrons. The van der Waals surface area contributed by atoms with Crippen LogP contribution in [0.3, 0.4) is 0 Å². The first-order valence-corrected chi connectivity index (χ1v) is 14.8. The van der Waals surface area contributed by atoms with Crippen LogP contribution in [0.5, 0.6) is 11.8 Å². The highest BCUT2D eigenvalue weighted by Crippen LogP contribution is 2.53. The third kappa shape index (κ3) is 3.92. The van der Waals surface area contributed by atoms with Gasteiger partial charge in [-0.1, -0.05) is 19.9 Å². The normalized spacial score (nSPS) is 19.6. The SMILES string of the molecule is COc1nc2c3c(c4c(c(F)c3n1)-c1ccc(F)c3sc(N)c(c13)C4)OC(C)CN2C1CCN(C(=O)CC(C)C)C1. The molecule has 2 aromatic heterocycles. The van der Waals surface area contributed by atoms with Crippen molar-refractivity contribution < 1.29 is 23.0 Å². The fourth-order valence-corrected chi connectivity index (χ4v) is 7.65. The number of nitrogens with zero attached hydrogens (tertiary/aromatic N) is 4. The van der Waals surface area contributed by atoms with Crippen LogP contribution in [-0.2, 0) is 11.2 Å². The number of methoxy groups -OCH3 is 1. The number of nitrogens with two attached hydrogens (primary N) is 1. The van der Waals surface area contributed by atoms with Crippen LogP contribution in [0.2, 0.25) is 0 Å². The maximum atomic E-state index is 16.7. The summed E-state index contributed by atoms with van der Waals surface area (Å²) in [4.78, 5) is 26.1. The van der Waals surface area contributed by atoms with Crippen LogP contribution in [0.25, 0.3) is 32.1 Å². The summed E-state index contributed by atoms with van der Waals surface area (Å²) < 4.78 is 44.0. The average molecular weight is 580 g/mol. The van der Waals surface area contributed by atoms with Crippen molar-refractivity contribution >= 4 is 49.1 Å². The van der Waals surface area contributed by atoms with E-state index >= 15 is 4.39 Å². The van der Waals surface area contributed by atoms with E-state index in [2.05, 4.69) is 9.88 Å². The Morgan fingerprint density at radius 1 is 1.22 bits per heavy atom. The number of fused-ring (bicyclic) bond motifs is 3. The largest absolute Gasteiger partial charge is 0.488 e. The molecule has 7 rings (SSSR count). The van der Waals surface area contributed by atoms with Gasteiger partial charge >= 0.3 is 6.01 Å². The minimum atomic E-state index is -0.526. The molecular weight excluding hydrogens is 548 g/mol. The lowest BCUT2D eigenvalue weighted by Crippen LogP contribution is -2.43. The Kier molecular flexibility index (Phi) is 6.01. The summed E-state index contributed by atoms with van der Waals surface area (Å²) in [7, 11) is 1.46. The summed E-state index contributed by atoms with van der Waals surface area (Å²) in [5.74, 6) is 0.566. The number of benzene rings is 2. The molecule has 2 unspecified atom stereocenters. The first-order chi connectivity index (χ1) is 19.7. The van der Waals surface area contributed by atoms with Crippen molar-refractivity contribution in [3.63, 3.8) is 0 Å². The molecule has 3 aliphatic rings. The van der Waals surface area contributed by atoms with Crippen molar-refractivity contribution in [3.05, 3.63) is 34.9 Å². The molecule has 11 heteroatoms. The van der Waals surface area contributed by atoms with Gasteiger partial charge in [0.2, 0.25) is 5.91 Å². The van der Waals surface area contributed by atoms with Gasteiger partial charge in [0, 0.05) is 48.5 Å². The Morgan fingerprint density at radius 2 is 2.02 bits per heavy atom. The molecule has 2 N–H and O–H groups in total. The van der Waals surface area contributed by atoms with Crippen LogP contribution in [0.4, 0.5) is 19.6 Å². The summed E-state index contributed by atoms with van der Waals surface area (Å²) >= 11 is 1.18. The Morgan fingerprint density at radius 3 is 2.78 bits per heavy atom. The van der Waals surface area contributed by atoms with E-state index in [4.69, 9.17) is 20.2 Å². The van der Waals surface area contributed by atoms with Gasteiger partial charge in [-0.2, -0.15) is 9.97 Å². The molecule has 0 spiro atoms. The van der Waals surface area contributed by atoms with Crippen LogP contribution in [0.1, 0.15) is 44.7 Å². The van der Waals surface area contributed by atoms with Gasteiger partial charge in [0.15, 0.2) is 5.82 Å². The zero-order chi connectivity index (χ0) is 28.7. The minimum absolute atomic E-state index is 0.0270. The molecule has 1 saturated heterocycles. The number of rotatable bonds is 4. The summed E-state index contributed by atoms with van der Waals surface area (Å²) in [6, 6.07) is 2.99. The number of hydrogen-bond donors (Lipinski definition) is 1. The van der Waals surface area contributed by atoms with Crippen LogP contribution in [0, 0.1) is 17.6 Å². The monoisotopic (exact) mass is 579 g/mol. The van der Waals surface area contributed by atoms with Gasteiger partial charge in [-0.05, 0) is 36.5 Å². The van der Waals surface area contributed by atoms with Crippen molar-refractivity contribution in [2.75, 3.05) is 37.4 Å². The molecule has 4 heterocycles. The molecular formula is C30H31F2N5O3S. The fourth-order valence-electron chi connectivity index (χ4n) is 6.63. The average Bonchev–Trinajstić information content (AvgIpc) is 3.52. The van der Waals surface area contributed by atoms with E-state index in [-0.39, 0.29) is 41.3 Å². The van der Waals surface area contributed by atoms with Gasteiger partial charge in [-0.15, -0.1) is 11.3 Å². The number of amides is 1. The molecule has 2 atom stereocenters. The van der Waals surface area contributed by atoms with Crippen LogP contribution < -0.4 is 20.1 Å². The summed E-state index contributed by atoms with van der Waals surface area (Å²) in [5.41, 5.74) is 8.84. The third-order valence-electron chi connectivity index (χ3n) is 8.41. The Labute approximate surface area is 240 Å². The summed E-state index contributed by atoms with van der Waals surface area (Å²) in [6.45, 7) is 7.75. The zero-order valence-corrected chi connectivity index (χ0v) is 24.2. The second kappa shape index (κ2) is 9.40. The molecule has 214 valence electrons. The van der Waals surface area contributed by atoms with Crippen LogP contribution in [-0.4, -0.2) is 59.7 Å². The van der Waals surface area contributed by atoms with Crippen molar-refractivity contribution in [1.82, 2.24) is 14.9 Å². The van der Waals surface area contributed by atoms with Gasteiger partial charge in [0.1, 0.15) is 29.0 Å². The molecule has 8 nitrogen and oxygen atoms in total. The number of carbonyl (C=O) groups is 1. The Hall–Kier alpha value is -3.73. The van der Waals surface area contributed by atoms with Gasteiger partial charge in [0.25, 0.3) is 0 Å². The van der Waals surface area contributed by atoms with Gasteiger partial charge in [-0.25, -0.2) is 8.78 Å². The smallest absolute Gasteiger partial charge is 0.318 e. The lowest BCUT2D eigenvalue weighted by Gasteiger charge is -2.31. The minimum Gasteiger partial charge on any atom is -0.488 e. The van der Waals surface area contributed by atoms with Crippen molar-refractivity contribution in [2.24, 2.45) is 5.92 Å². The van der Waals surface area contributed by atoms with E-state index in [0.29, 0.717) is 81.2 Å². The molecule has 0 bridgehead atoms. The number of carbonyl (C=O) groups excluding carboxylic acids is 1. The molecule has 41 heavy (non-hydrogen) atoms. The number of likely N-dealkylation sites (tertiary alicyclic amines) is 1. The maximum Gasteiger partial charge on any atom is 0.318 e. The van der Waals surface area contributed by atoms with E-state index in [0.717, 1.165) is 12.0 Å². The highest BCUT2D eigenvalue weighted by atomic mass is 32.1. The molecule has 1 amide bonds. The Bertz CT molecular complexity index is 1760. The molecule has 2 aromatic carbocycles. The lowest BCUT2D eigenvalue weighted by atomic mass is 9.84. The molecule has 2 aliphatic heterocycles. The first-order valence-electron chi connectivity index (χ1n) is 14.0. The van der Waals surface area contributed by atoms with E-state index in [1.165, 1.54) is 24.5 Å². The highest BCUT2D eigenvalue weighted by Gasteiger charge is 2.39. The van der Waals surface area contributed by atoms with Crippen LogP contribution in [0.15, 0.2) is 12.1 Å². The van der Waals surface area contributed by atoms with Crippen molar-refractivity contribution in [3.8, 4) is 22.9 Å². The number of hydrogen-bond acceptors (Lipinski definition) is 8. The molecule has 1 aliphatic carbocycles. The topological polar surface area (TPSA) is 93.8 Å². The first kappa shape index (κ1) is 26.2. The van der Waals surface area contributed by atoms with E-state index < -0.39 is 5.82 Å². The number of ether oxygens (including phenoxy) is 2. The highest BCUT2D eigenvalue weighted by molar-refractivity contribution is 7.23. The van der Waals surface area contributed by atoms with E-state index in [1.54, 1.807) is 6.07 Å². The number of anilines is 2. The van der Waals surface area contributed by atoms with Gasteiger partial charge in [-0.3, -0.25) is 4.79 Å². The fraction of sp³-hybridized carbons (Fsp3) is 0.433. The van der Waals surface area contributed by atoms with Gasteiger partial charge in [0.05, 0.1) is 28.7 Å². The lowest BCUT2D eigenvalue weighted by molar-refractivity contribution is -0.130. The maximum absolute atomic E-state index is 16.7. The zero-order valence-electron chi connectivity index (χ0n) is 23.4. The second-order valence-electron chi connectivity index (χ2n) is 11.6. The molecule has 0 saturated carbocycles. The predicted octanol–water partition coefficient (Wildman–Crippen LogP) is 5.52. The number of thiophene rings is 1. The third-order valence-corrected chi connectivity index (χ3v) is 9.48. The van der Waals surface area contributed by atoms with Crippen LogP contribution >= 0.6 is 11.3 Å². The number of halogens is 2.